The molecule has 11 nitrogen and oxygen atoms in total. The fourth-order valence-electron chi connectivity index (χ4n) is 3.55. The molecule has 12 heteroatoms. The number of carbonyl (C=O) groups is 1. The first-order valence-corrected chi connectivity index (χ1v) is 12.3. The Labute approximate surface area is 192 Å². The van der Waals surface area contributed by atoms with E-state index in [2.05, 4.69) is 15.0 Å². The molecule has 0 fully saturated rings. The molecule has 2 aromatic heterocycles. The maximum atomic E-state index is 14.1. The minimum Gasteiger partial charge on any atom is -0.480 e. The molecule has 0 spiro atoms. The van der Waals surface area contributed by atoms with Crippen molar-refractivity contribution in [2.24, 2.45) is 0 Å². The smallest absolute Gasteiger partial charge is 0.345 e. The van der Waals surface area contributed by atoms with Crippen LogP contribution in [0, 0.1) is 0 Å². The number of rotatable bonds is 11. The van der Waals surface area contributed by atoms with Crippen LogP contribution in [0.2, 0.25) is 0 Å². The molecule has 3 atom stereocenters. The maximum absolute atomic E-state index is 14.1. The average Bonchev–Trinajstić information content (AvgIpc) is 3.17. The van der Waals surface area contributed by atoms with E-state index in [0.29, 0.717) is 23.5 Å². The van der Waals surface area contributed by atoms with Gasteiger partial charge in [-0.2, -0.15) is 0 Å². The van der Waals surface area contributed by atoms with Gasteiger partial charge in [0.05, 0.1) is 19.0 Å². The lowest BCUT2D eigenvalue weighted by atomic mass is 10.3. The normalized spacial score (nSPS) is 15.5. The van der Waals surface area contributed by atoms with Gasteiger partial charge >= 0.3 is 13.5 Å². The lowest BCUT2D eigenvalue weighted by Crippen LogP contribution is -2.43. The summed E-state index contributed by atoms with van der Waals surface area (Å²) in [5, 5.41) is 9.61. The summed E-state index contributed by atoms with van der Waals surface area (Å²) in [5.74, 6) is -0.452. The first-order chi connectivity index (χ1) is 15.6. The second-order valence-corrected chi connectivity index (χ2v) is 10.1. The van der Waals surface area contributed by atoms with E-state index in [0.717, 1.165) is 0 Å². The van der Waals surface area contributed by atoms with Crippen LogP contribution in [0.25, 0.3) is 11.2 Å². The van der Waals surface area contributed by atoms with Gasteiger partial charge in [-0.05, 0) is 39.8 Å². The highest BCUT2D eigenvalue weighted by Gasteiger charge is 2.42. The summed E-state index contributed by atoms with van der Waals surface area (Å²) in [6.07, 6.45) is 2.22. The molecule has 0 unspecified atom stereocenters. The number of carboxylic acids is 1. The lowest BCUT2D eigenvalue weighted by molar-refractivity contribution is -0.141. The number of benzene rings is 1. The molecule has 178 valence electrons. The molecule has 0 bridgehead atoms. The van der Waals surface area contributed by atoms with Crippen molar-refractivity contribution >= 4 is 30.5 Å². The molecule has 0 saturated heterocycles. The van der Waals surface area contributed by atoms with Crippen molar-refractivity contribution in [3.63, 3.8) is 0 Å². The van der Waals surface area contributed by atoms with Gasteiger partial charge in [-0.3, -0.25) is 9.36 Å². The van der Waals surface area contributed by atoms with E-state index >= 15 is 0 Å². The summed E-state index contributed by atoms with van der Waals surface area (Å²) in [7, 11) is -3.76. The molecule has 0 amide bonds. The van der Waals surface area contributed by atoms with Crippen LogP contribution < -0.4 is 10.3 Å². The maximum Gasteiger partial charge on any atom is 0.345 e. The van der Waals surface area contributed by atoms with Gasteiger partial charge in [0.2, 0.25) is 0 Å². The zero-order valence-electron chi connectivity index (χ0n) is 19.0. The molecular weight excluding hydrogens is 447 g/mol. The van der Waals surface area contributed by atoms with Crippen molar-refractivity contribution < 1.29 is 23.7 Å². The van der Waals surface area contributed by atoms with Crippen molar-refractivity contribution in [2.45, 2.75) is 52.4 Å². The Morgan fingerprint density at radius 3 is 2.52 bits per heavy atom. The molecule has 0 radical (unpaired) electrons. The number of aromatic nitrogens is 4. The minimum atomic E-state index is -3.76. The number of anilines is 1. The van der Waals surface area contributed by atoms with Gasteiger partial charge in [0.15, 0.2) is 11.5 Å². The van der Waals surface area contributed by atoms with Crippen molar-refractivity contribution in [3.05, 3.63) is 43.0 Å². The second kappa shape index (κ2) is 10.3. The summed E-state index contributed by atoms with van der Waals surface area (Å²) < 4.78 is 29.1. The first-order valence-electron chi connectivity index (χ1n) is 10.5. The summed E-state index contributed by atoms with van der Waals surface area (Å²) >= 11 is 0. The van der Waals surface area contributed by atoms with Crippen molar-refractivity contribution in [3.8, 4) is 5.75 Å². The van der Waals surface area contributed by atoms with Gasteiger partial charge in [-0.15, -0.1) is 0 Å². The van der Waals surface area contributed by atoms with Gasteiger partial charge < -0.3 is 24.7 Å². The molecule has 3 rings (SSSR count). The number of imidazole rings is 1. The van der Waals surface area contributed by atoms with Crippen LogP contribution >= 0.6 is 7.52 Å². The summed E-state index contributed by atoms with van der Waals surface area (Å²) in [6, 6.07) is 7.23. The van der Waals surface area contributed by atoms with Crippen LogP contribution in [-0.4, -0.2) is 59.8 Å². The third kappa shape index (κ3) is 5.68. The van der Waals surface area contributed by atoms with Crippen LogP contribution in [0.5, 0.6) is 5.75 Å². The Balaban J connectivity index is 1.82. The average molecular weight is 476 g/mol. The summed E-state index contributed by atoms with van der Waals surface area (Å²) in [6.45, 7) is 7.18. The number of fused-ring (bicyclic) bond motifs is 1. The molecule has 1 aromatic carbocycles. The number of hydrogen-bond donors (Lipinski definition) is 2. The number of hydrogen-bond acceptors (Lipinski definition) is 8. The monoisotopic (exact) mass is 476 g/mol. The molecule has 0 aliphatic rings. The number of carboxylic acid groups (broad SMARTS) is 1. The van der Waals surface area contributed by atoms with Crippen LogP contribution in [0.4, 0.5) is 5.82 Å². The minimum absolute atomic E-state index is 0.281. The molecule has 3 aromatic rings. The van der Waals surface area contributed by atoms with Crippen LogP contribution in [0.3, 0.4) is 0 Å². The Bertz CT molecular complexity index is 1140. The van der Waals surface area contributed by atoms with E-state index < -0.39 is 25.6 Å². The van der Waals surface area contributed by atoms with Crippen molar-refractivity contribution in [1.29, 1.82) is 0 Å². The van der Waals surface area contributed by atoms with Gasteiger partial charge in [0.1, 0.15) is 30.0 Å². The fraction of sp³-hybridized carbons (Fsp3) is 0.429. The van der Waals surface area contributed by atoms with E-state index in [1.165, 1.54) is 17.9 Å². The van der Waals surface area contributed by atoms with Crippen molar-refractivity contribution in [1.82, 2.24) is 24.2 Å². The summed E-state index contributed by atoms with van der Waals surface area (Å²) in [5.41, 5.74) is 6.89. The second-order valence-electron chi connectivity index (χ2n) is 7.96. The Morgan fingerprint density at radius 1 is 1.18 bits per heavy atom. The summed E-state index contributed by atoms with van der Waals surface area (Å²) in [4.78, 5) is 24.1. The van der Waals surface area contributed by atoms with Crippen molar-refractivity contribution in [2.75, 3.05) is 12.1 Å². The quantitative estimate of drug-likeness (QED) is 0.396. The highest BCUT2D eigenvalue weighted by Crippen LogP contribution is 2.53. The first kappa shape index (κ1) is 24.6. The van der Waals surface area contributed by atoms with E-state index in [4.69, 9.17) is 15.0 Å². The number of nitrogens with two attached hydrogens (primary N) is 1. The molecule has 2 heterocycles. The van der Waals surface area contributed by atoms with Crippen LogP contribution in [-0.2, 0) is 20.6 Å². The standard InChI is InChI=1S/C21H29N6O5P/c1-14(2)27(16(4)21(28)29)33(30,32-17-8-6-5-7-9-17)13-31-15(3)10-26-12-25-18-19(22)23-11-24-20(18)26/h5-9,11-12,14-16H,10,13H2,1-4H3,(H,28,29)(H2,22,23,24)/t15-,16+,33-/m1/s1. The van der Waals surface area contributed by atoms with E-state index in [9.17, 15) is 14.5 Å². The van der Waals surface area contributed by atoms with Gasteiger partial charge in [0, 0.05) is 6.04 Å². The third-order valence-electron chi connectivity index (χ3n) is 5.03. The Kier molecular flexibility index (Phi) is 7.68. The largest absolute Gasteiger partial charge is 0.480 e. The van der Waals surface area contributed by atoms with Gasteiger partial charge in [-0.25, -0.2) is 19.6 Å². The number of para-hydroxylation sites is 1. The molecule has 0 saturated carbocycles. The number of nitrogens with zero attached hydrogens (tertiary/aromatic N) is 5. The highest BCUT2D eigenvalue weighted by atomic mass is 31.2. The van der Waals surface area contributed by atoms with Gasteiger partial charge in [0.25, 0.3) is 0 Å². The van der Waals surface area contributed by atoms with E-state index in [-0.39, 0.29) is 18.2 Å². The lowest BCUT2D eigenvalue weighted by Gasteiger charge is -2.36. The zero-order chi connectivity index (χ0) is 24.2. The van der Waals surface area contributed by atoms with Crippen LogP contribution in [0.1, 0.15) is 27.7 Å². The number of nitrogen functional groups attached to an aromatic ring is 1. The molecule has 0 aliphatic carbocycles. The van der Waals surface area contributed by atoms with Gasteiger partial charge in [-0.1, -0.05) is 18.2 Å². The predicted molar refractivity (Wildman–Crippen MR) is 124 cm³/mol. The topological polar surface area (TPSA) is 146 Å². The zero-order valence-corrected chi connectivity index (χ0v) is 19.9. The molecule has 33 heavy (non-hydrogen) atoms. The third-order valence-corrected chi connectivity index (χ3v) is 7.52. The number of aliphatic carboxylic acids is 1. The van der Waals surface area contributed by atoms with Crippen LogP contribution in [0.15, 0.2) is 43.0 Å². The Hall–Kier alpha value is -3.01. The highest BCUT2D eigenvalue weighted by molar-refractivity contribution is 7.56. The fourth-order valence-corrected chi connectivity index (χ4v) is 6.05. The predicted octanol–water partition coefficient (Wildman–Crippen LogP) is 3.23. The Morgan fingerprint density at radius 2 is 1.88 bits per heavy atom. The molecule has 3 N–H and O–H groups in total. The van der Waals surface area contributed by atoms with E-state index in [1.807, 2.05) is 13.0 Å². The van der Waals surface area contributed by atoms with E-state index in [1.54, 1.807) is 49.0 Å². The molecule has 0 aliphatic heterocycles. The molecular formula is C21H29N6O5P. The SMILES string of the molecule is CC(C)N([C@@H](C)C(=O)O)[P@@](=O)(CO[C@H](C)Cn1cnc2c(N)ncnc21)Oc1ccccc1. The number of ether oxygens (including phenoxy) is 1.